The molecule has 4 nitrogen and oxygen atoms in total. The molecule has 1 aliphatic heterocycles. The zero-order valence-corrected chi connectivity index (χ0v) is 9.73. The minimum absolute atomic E-state index is 0.0115. The summed E-state index contributed by atoms with van der Waals surface area (Å²) in [5.41, 5.74) is 0.0115. The minimum atomic E-state index is -0.758. The van der Waals surface area contributed by atoms with Crippen molar-refractivity contribution in [3.8, 4) is 0 Å². The maximum absolute atomic E-state index is 11.0. The number of hydrogen-bond acceptors (Lipinski definition) is 3. The number of rotatable bonds is 4. The zero-order valence-electron chi connectivity index (χ0n) is 9.73. The maximum atomic E-state index is 11.0. The molecule has 0 spiro atoms. The zero-order chi connectivity index (χ0) is 11.6. The average Bonchev–Trinajstić information content (AvgIpc) is 2.41. The van der Waals surface area contributed by atoms with Gasteiger partial charge in [0.15, 0.2) is 0 Å². The summed E-state index contributed by atoms with van der Waals surface area (Å²) in [7, 11) is 0. The lowest BCUT2D eigenvalue weighted by Gasteiger charge is -2.25. The Morgan fingerprint density at radius 3 is 2.53 bits per heavy atom. The molecule has 15 heavy (non-hydrogen) atoms. The SMILES string of the molecule is CC[C@H](C(=O)O)N1C[C@H](CO)C(C)(C)C1. The molecular formula is C11H21NO3. The summed E-state index contributed by atoms with van der Waals surface area (Å²) >= 11 is 0. The summed E-state index contributed by atoms with van der Waals surface area (Å²) in [5, 5.41) is 18.3. The number of aliphatic carboxylic acids is 1. The molecule has 88 valence electrons. The van der Waals surface area contributed by atoms with E-state index in [-0.39, 0.29) is 17.9 Å². The van der Waals surface area contributed by atoms with Crippen LogP contribution in [0.4, 0.5) is 0 Å². The van der Waals surface area contributed by atoms with E-state index in [1.807, 2.05) is 11.8 Å². The molecule has 1 rings (SSSR count). The van der Waals surface area contributed by atoms with Crippen LogP contribution in [0.25, 0.3) is 0 Å². The summed E-state index contributed by atoms with van der Waals surface area (Å²) in [4.78, 5) is 13.0. The van der Waals surface area contributed by atoms with Gasteiger partial charge in [-0.25, -0.2) is 0 Å². The van der Waals surface area contributed by atoms with Crippen molar-refractivity contribution in [2.24, 2.45) is 11.3 Å². The van der Waals surface area contributed by atoms with Crippen LogP contribution in [-0.4, -0.2) is 46.8 Å². The quantitative estimate of drug-likeness (QED) is 0.728. The molecule has 2 N–H and O–H groups in total. The topological polar surface area (TPSA) is 60.8 Å². The molecule has 0 unspecified atom stereocenters. The molecule has 0 amide bonds. The van der Waals surface area contributed by atoms with E-state index in [9.17, 15) is 9.90 Å². The van der Waals surface area contributed by atoms with Crippen LogP contribution in [0.2, 0.25) is 0 Å². The van der Waals surface area contributed by atoms with Crippen LogP contribution in [0.3, 0.4) is 0 Å². The average molecular weight is 215 g/mol. The van der Waals surface area contributed by atoms with Crippen molar-refractivity contribution in [1.29, 1.82) is 0 Å². The number of nitrogens with zero attached hydrogens (tertiary/aromatic N) is 1. The summed E-state index contributed by atoms with van der Waals surface area (Å²) in [5.74, 6) is -0.571. The molecule has 0 radical (unpaired) electrons. The normalized spacial score (nSPS) is 27.9. The van der Waals surface area contributed by atoms with Gasteiger partial charge in [0.1, 0.15) is 6.04 Å². The molecule has 0 bridgehead atoms. The van der Waals surface area contributed by atoms with Gasteiger partial charge in [0.25, 0.3) is 0 Å². The van der Waals surface area contributed by atoms with E-state index in [0.717, 1.165) is 6.54 Å². The first-order valence-electron chi connectivity index (χ1n) is 5.50. The van der Waals surface area contributed by atoms with Crippen molar-refractivity contribution in [3.05, 3.63) is 0 Å². The first kappa shape index (κ1) is 12.5. The van der Waals surface area contributed by atoms with Crippen LogP contribution in [0.5, 0.6) is 0 Å². The van der Waals surface area contributed by atoms with Gasteiger partial charge >= 0.3 is 5.97 Å². The highest BCUT2D eigenvalue weighted by Gasteiger charge is 2.42. The Balaban J connectivity index is 2.72. The van der Waals surface area contributed by atoms with Crippen molar-refractivity contribution < 1.29 is 15.0 Å². The third-order valence-corrected chi connectivity index (χ3v) is 3.50. The number of hydrogen-bond donors (Lipinski definition) is 2. The standard InChI is InChI=1S/C11H21NO3/c1-4-9(10(14)15)12-5-8(6-13)11(2,3)7-12/h8-9,13H,4-7H2,1-3H3,(H,14,15)/t8-,9-/m1/s1. The highest BCUT2D eigenvalue weighted by molar-refractivity contribution is 5.73. The second-order valence-corrected chi connectivity index (χ2v) is 5.06. The Morgan fingerprint density at radius 1 is 1.60 bits per heavy atom. The Labute approximate surface area is 90.9 Å². The van der Waals surface area contributed by atoms with Gasteiger partial charge in [0.05, 0.1) is 0 Å². The largest absolute Gasteiger partial charge is 0.480 e. The highest BCUT2D eigenvalue weighted by atomic mass is 16.4. The number of carboxylic acids is 1. The third-order valence-electron chi connectivity index (χ3n) is 3.50. The lowest BCUT2D eigenvalue weighted by atomic mass is 9.83. The molecule has 0 saturated carbocycles. The lowest BCUT2D eigenvalue weighted by Crippen LogP contribution is -2.40. The van der Waals surface area contributed by atoms with Gasteiger partial charge in [-0.3, -0.25) is 9.69 Å². The molecule has 1 fully saturated rings. The second-order valence-electron chi connectivity index (χ2n) is 5.06. The van der Waals surface area contributed by atoms with E-state index < -0.39 is 12.0 Å². The summed E-state index contributed by atoms with van der Waals surface area (Å²) in [6.07, 6.45) is 0.615. The van der Waals surface area contributed by atoms with Crippen LogP contribution in [0, 0.1) is 11.3 Å². The second kappa shape index (κ2) is 4.49. The molecule has 4 heteroatoms. The number of aliphatic hydroxyl groups excluding tert-OH is 1. The van der Waals surface area contributed by atoms with Crippen LogP contribution in [0.1, 0.15) is 27.2 Å². The minimum Gasteiger partial charge on any atom is -0.480 e. The number of carbonyl (C=O) groups is 1. The van der Waals surface area contributed by atoms with Gasteiger partial charge < -0.3 is 10.2 Å². The fraction of sp³-hybridized carbons (Fsp3) is 0.909. The van der Waals surface area contributed by atoms with E-state index in [4.69, 9.17) is 5.11 Å². The van der Waals surface area contributed by atoms with Crippen molar-refractivity contribution in [3.63, 3.8) is 0 Å². The summed E-state index contributed by atoms with van der Waals surface area (Å²) < 4.78 is 0. The Hall–Kier alpha value is -0.610. The fourth-order valence-corrected chi connectivity index (χ4v) is 2.38. The number of likely N-dealkylation sites (tertiary alicyclic amines) is 1. The predicted octanol–water partition coefficient (Wildman–Crippen LogP) is 0.800. The molecule has 1 aliphatic rings. The molecule has 0 aromatic rings. The van der Waals surface area contributed by atoms with Gasteiger partial charge in [-0.2, -0.15) is 0 Å². The van der Waals surface area contributed by atoms with E-state index in [1.165, 1.54) is 0 Å². The molecule has 1 saturated heterocycles. The first-order valence-corrected chi connectivity index (χ1v) is 5.50. The smallest absolute Gasteiger partial charge is 0.320 e. The monoisotopic (exact) mass is 215 g/mol. The summed E-state index contributed by atoms with van der Waals surface area (Å²) in [6, 6.07) is -0.402. The fourth-order valence-electron chi connectivity index (χ4n) is 2.38. The van der Waals surface area contributed by atoms with Crippen LogP contribution in [0.15, 0.2) is 0 Å². The van der Waals surface area contributed by atoms with Gasteiger partial charge in [0, 0.05) is 25.6 Å². The Morgan fingerprint density at radius 2 is 2.20 bits per heavy atom. The van der Waals surface area contributed by atoms with E-state index in [2.05, 4.69) is 13.8 Å². The van der Waals surface area contributed by atoms with E-state index >= 15 is 0 Å². The van der Waals surface area contributed by atoms with Crippen LogP contribution >= 0.6 is 0 Å². The van der Waals surface area contributed by atoms with Gasteiger partial charge in [-0.1, -0.05) is 20.8 Å². The number of aliphatic hydroxyl groups is 1. The Bertz CT molecular complexity index is 240. The summed E-state index contributed by atoms with van der Waals surface area (Å²) in [6.45, 7) is 7.64. The van der Waals surface area contributed by atoms with Gasteiger partial charge in [0.2, 0.25) is 0 Å². The first-order chi connectivity index (χ1) is 6.92. The van der Waals surface area contributed by atoms with E-state index in [1.54, 1.807) is 0 Å². The molecule has 0 aliphatic carbocycles. The highest BCUT2D eigenvalue weighted by Crippen LogP contribution is 2.36. The molecule has 1 heterocycles. The lowest BCUT2D eigenvalue weighted by molar-refractivity contribution is -0.143. The third kappa shape index (κ3) is 2.49. The van der Waals surface area contributed by atoms with E-state index in [0.29, 0.717) is 13.0 Å². The molecule has 0 aromatic carbocycles. The molecular weight excluding hydrogens is 194 g/mol. The van der Waals surface area contributed by atoms with Gasteiger partial charge in [-0.15, -0.1) is 0 Å². The van der Waals surface area contributed by atoms with Crippen molar-refractivity contribution >= 4 is 5.97 Å². The predicted molar refractivity (Wildman–Crippen MR) is 57.6 cm³/mol. The maximum Gasteiger partial charge on any atom is 0.320 e. The van der Waals surface area contributed by atoms with Crippen LogP contribution < -0.4 is 0 Å². The van der Waals surface area contributed by atoms with Crippen molar-refractivity contribution in [1.82, 2.24) is 4.90 Å². The molecule has 2 atom stereocenters. The Kier molecular flexibility index (Phi) is 3.73. The van der Waals surface area contributed by atoms with Crippen molar-refractivity contribution in [2.45, 2.75) is 33.2 Å². The van der Waals surface area contributed by atoms with Gasteiger partial charge in [-0.05, 0) is 11.8 Å². The molecule has 0 aromatic heterocycles. The number of carboxylic acid groups (broad SMARTS) is 1. The van der Waals surface area contributed by atoms with Crippen LogP contribution in [-0.2, 0) is 4.79 Å². The van der Waals surface area contributed by atoms with Crippen molar-refractivity contribution in [2.75, 3.05) is 19.7 Å².